The molecule has 2 heterocycles. The molecule has 0 bridgehead atoms. The Kier molecular flexibility index (Phi) is 6.39. The SMILES string of the molecule is CCOC(=O)c1c(NC(=O)Cc2cccc3ccccc23)sc2c1CCN(C(C)C)C2. The number of amides is 1. The average Bonchev–Trinajstić information content (AvgIpc) is 3.11. The Morgan fingerprint density at radius 1 is 1.16 bits per heavy atom. The van der Waals surface area contributed by atoms with Gasteiger partial charge in [0.05, 0.1) is 18.6 Å². The second kappa shape index (κ2) is 9.20. The highest BCUT2D eigenvalue weighted by atomic mass is 32.1. The number of nitrogens with one attached hydrogen (secondary N) is 1. The maximum Gasteiger partial charge on any atom is 0.341 e. The molecular weight excluding hydrogens is 408 g/mol. The molecule has 0 unspecified atom stereocenters. The minimum absolute atomic E-state index is 0.124. The van der Waals surface area contributed by atoms with Crippen LogP contribution in [0.4, 0.5) is 5.00 Å². The van der Waals surface area contributed by atoms with Crippen LogP contribution < -0.4 is 5.32 Å². The number of rotatable bonds is 6. The molecule has 0 aliphatic carbocycles. The lowest BCUT2D eigenvalue weighted by Crippen LogP contribution is -2.35. The molecule has 1 aliphatic rings. The first-order valence-corrected chi connectivity index (χ1v) is 11.6. The standard InChI is InChI=1S/C25H28N2O3S/c1-4-30-25(29)23-20-12-13-27(16(2)3)15-21(20)31-24(23)26-22(28)14-18-10-7-9-17-8-5-6-11-19(17)18/h5-11,16H,4,12-15H2,1-3H3,(H,26,28). The smallest absolute Gasteiger partial charge is 0.341 e. The number of hydrogen-bond acceptors (Lipinski definition) is 5. The number of fused-ring (bicyclic) bond motifs is 2. The first-order chi connectivity index (χ1) is 15.0. The normalized spacial score (nSPS) is 13.9. The van der Waals surface area contributed by atoms with Crippen LogP contribution in [0.2, 0.25) is 0 Å². The zero-order chi connectivity index (χ0) is 22.0. The lowest BCUT2D eigenvalue weighted by atomic mass is 10.0. The van der Waals surface area contributed by atoms with Crippen molar-refractivity contribution >= 4 is 39.0 Å². The lowest BCUT2D eigenvalue weighted by Gasteiger charge is -2.30. The van der Waals surface area contributed by atoms with Gasteiger partial charge in [0.1, 0.15) is 5.00 Å². The number of carbonyl (C=O) groups excluding carboxylic acids is 2. The maximum atomic E-state index is 13.0. The monoisotopic (exact) mass is 436 g/mol. The number of carbonyl (C=O) groups is 2. The van der Waals surface area contributed by atoms with Gasteiger partial charge in [-0.15, -0.1) is 11.3 Å². The zero-order valence-electron chi connectivity index (χ0n) is 18.2. The molecule has 1 amide bonds. The Morgan fingerprint density at radius 3 is 2.71 bits per heavy atom. The molecule has 5 nitrogen and oxygen atoms in total. The van der Waals surface area contributed by atoms with Gasteiger partial charge < -0.3 is 10.1 Å². The van der Waals surface area contributed by atoms with Crippen LogP contribution in [0.15, 0.2) is 42.5 Å². The molecule has 0 spiro atoms. The summed E-state index contributed by atoms with van der Waals surface area (Å²) >= 11 is 1.51. The number of hydrogen-bond donors (Lipinski definition) is 1. The van der Waals surface area contributed by atoms with Gasteiger partial charge in [0, 0.05) is 24.0 Å². The van der Waals surface area contributed by atoms with Crippen molar-refractivity contribution in [3.05, 3.63) is 64.0 Å². The van der Waals surface area contributed by atoms with E-state index in [9.17, 15) is 9.59 Å². The topological polar surface area (TPSA) is 58.6 Å². The minimum atomic E-state index is -0.349. The van der Waals surface area contributed by atoms with Crippen molar-refractivity contribution in [2.45, 2.75) is 46.2 Å². The molecule has 0 saturated heterocycles. The van der Waals surface area contributed by atoms with E-state index in [1.807, 2.05) is 42.5 Å². The molecule has 2 aromatic carbocycles. The van der Waals surface area contributed by atoms with E-state index < -0.39 is 0 Å². The van der Waals surface area contributed by atoms with Gasteiger partial charge in [0.2, 0.25) is 5.91 Å². The Balaban J connectivity index is 1.61. The summed E-state index contributed by atoms with van der Waals surface area (Å²) in [5.74, 6) is -0.473. The molecule has 0 fully saturated rings. The number of nitrogens with zero attached hydrogens (tertiary/aromatic N) is 1. The first-order valence-electron chi connectivity index (χ1n) is 10.8. The highest BCUT2D eigenvalue weighted by Crippen LogP contribution is 2.38. The molecule has 1 aliphatic heterocycles. The van der Waals surface area contributed by atoms with E-state index in [1.54, 1.807) is 6.92 Å². The van der Waals surface area contributed by atoms with E-state index in [0.29, 0.717) is 23.2 Å². The molecule has 6 heteroatoms. The van der Waals surface area contributed by atoms with Gasteiger partial charge in [-0.25, -0.2) is 4.79 Å². The van der Waals surface area contributed by atoms with Crippen molar-refractivity contribution in [1.82, 2.24) is 4.90 Å². The summed E-state index contributed by atoms with van der Waals surface area (Å²) in [5, 5.41) is 5.82. The zero-order valence-corrected chi connectivity index (χ0v) is 19.1. The van der Waals surface area contributed by atoms with Crippen LogP contribution in [0.1, 0.15) is 47.1 Å². The van der Waals surface area contributed by atoms with Gasteiger partial charge in [0.25, 0.3) is 0 Å². The molecule has 162 valence electrons. The highest BCUT2D eigenvalue weighted by Gasteiger charge is 2.30. The molecule has 1 aromatic heterocycles. The van der Waals surface area contributed by atoms with Gasteiger partial charge in [-0.2, -0.15) is 0 Å². The molecule has 0 radical (unpaired) electrons. The van der Waals surface area contributed by atoms with Gasteiger partial charge in [-0.3, -0.25) is 9.69 Å². The van der Waals surface area contributed by atoms with Crippen molar-refractivity contribution in [3.63, 3.8) is 0 Å². The van der Waals surface area contributed by atoms with E-state index in [4.69, 9.17) is 4.74 Å². The Bertz CT molecular complexity index is 1110. The van der Waals surface area contributed by atoms with Crippen LogP contribution in [0.25, 0.3) is 10.8 Å². The predicted molar refractivity (Wildman–Crippen MR) is 126 cm³/mol. The molecule has 3 aromatic rings. The van der Waals surface area contributed by atoms with E-state index >= 15 is 0 Å². The van der Waals surface area contributed by atoms with Crippen molar-refractivity contribution in [1.29, 1.82) is 0 Å². The van der Waals surface area contributed by atoms with E-state index in [1.165, 1.54) is 11.3 Å². The van der Waals surface area contributed by atoms with E-state index in [-0.39, 0.29) is 18.3 Å². The fraction of sp³-hybridized carbons (Fsp3) is 0.360. The Hall–Kier alpha value is -2.70. The second-order valence-corrected chi connectivity index (χ2v) is 9.21. The maximum absolute atomic E-state index is 13.0. The van der Waals surface area contributed by atoms with Crippen LogP contribution in [-0.2, 0) is 28.9 Å². The van der Waals surface area contributed by atoms with Gasteiger partial charge in [-0.05, 0) is 49.1 Å². The summed E-state index contributed by atoms with van der Waals surface area (Å²) in [7, 11) is 0. The average molecular weight is 437 g/mol. The third-order valence-electron chi connectivity index (χ3n) is 5.78. The van der Waals surface area contributed by atoms with Crippen LogP contribution in [0.3, 0.4) is 0 Å². The fourth-order valence-corrected chi connectivity index (χ4v) is 5.44. The van der Waals surface area contributed by atoms with Crippen LogP contribution in [0, 0.1) is 0 Å². The molecule has 4 rings (SSSR count). The molecule has 0 atom stereocenters. The van der Waals surface area contributed by atoms with E-state index in [2.05, 4.69) is 24.1 Å². The van der Waals surface area contributed by atoms with Gasteiger partial charge >= 0.3 is 5.97 Å². The summed E-state index contributed by atoms with van der Waals surface area (Å²) in [4.78, 5) is 29.3. The van der Waals surface area contributed by atoms with Crippen LogP contribution in [0.5, 0.6) is 0 Å². The first kappa shape index (κ1) is 21.5. The molecular formula is C25H28N2O3S. The number of ether oxygens (including phenoxy) is 1. The number of esters is 1. The molecule has 31 heavy (non-hydrogen) atoms. The Labute approximate surface area is 187 Å². The molecule has 1 N–H and O–H groups in total. The summed E-state index contributed by atoms with van der Waals surface area (Å²) in [6.07, 6.45) is 1.04. The van der Waals surface area contributed by atoms with Crippen molar-refractivity contribution in [2.75, 3.05) is 18.5 Å². The van der Waals surface area contributed by atoms with Crippen molar-refractivity contribution in [2.24, 2.45) is 0 Å². The number of anilines is 1. The summed E-state index contributed by atoms with van der Waals surface area (Å²) in [6, 6.07) is 14.5. The summed E-state index contributed by atoms with van der Waals surface area (Å²) in [6.45, 7) is 8.16. The Morgan fingerprint density at radius 2 is 1.94 bits per heavy atom. The van der Waals surface area contributed by atoms with Crippen molar-refractivity contribution in [3.8, 4) is 0 Å². The van der Waals surface area contributed by atoms with Crippen LogP contribution in [-0.4, -0.2) is 36.0 Å². The predicted octanol–water partition coefficient (Wildman–Crippen LogP) is 5.03. The van der Waals surface area contributed by atoms with Crippen LogP contribution >= 0.6 is 11.3 Å². The van der Waals surface area contributed by atoms with Gasteiger partial charge in [-0.1, -0.05) is 42.5 Å². The summed E-state index contributed by atoms with van der Waals surface area (Å²) in [5.41, 5.74) is 2.54. The largest absolute Gasteiger partial charge is 0.462 e. The summed E-state index contributed by atoms with van der Waals surface area (Å²) < 4.78 is 5.33. The lowest BCUT2D eigenvalue weighted by molar-refractivity contribution is -0.115. The number of thiophene rings is 1. The minimum Gasteiger partial charge on any atom is -0.462 e. The fourth-order valence-electron chi connectivity index (χ4n) is 4.16. The van der Waals surface area contributed by atoms with Crippen molar-refractivity contribution < 1.29 is 14.3 Å². The molecule has 0 saturated carbocycles. The third-order valence-corrected chi connectivity index (χ3v) is 6.91. The third kappa shape index (κ3) is 4.50. The van der Waals surface area contributed by atoms with E-state index in [0.717, 1.165) is 46.3 Å². The second-order valence-electron chi connectivity index (χ2n) is 8.11. The number of benzene rings is 2. The quantitative estimate of drug-likeness (QED) is 0.551. The highest BCUT2D eigenvalue weighted by molar-refractivity contribution is 7.17. The van der Waals surface area contributed by atoms with Gasteiger partial charge in [0.15, 0.2) is 0 Å².